The zero-order valence-corrected chi connectivity index (χ0v) is 10.9. The Morgan fingerprint density at radius 2 is 2.11 bits per heavy atom. The van der Waals surface area contributed by atoms with Crippen molar-refractivity contribution in [3.8, 4) is 0 Å². The number of ketones is 1. The number of Topliss-reactive ketones (excluding diaryl/α,β-unsaturated/α-hetero) is 1. The summed E-state index contributed by atoms with van der Waals surface area (Å²) < 4.78 is 5.40. The fourth-order valence-electron chi connectivity index (χ4n) is 1.52. The van der Waals surface area contributed by atoms with E-state index in [0.29, 0.717) is 30.5 Å². The van der Waals surface area contributed by atoms with Crippen LogP contribution in [0.3, 0.4) is 0 Å². The van der Waals surface area contributed by atoms with Gasteiger partial charge in [-0.2, -0.15) is 0 Å². The van der Waals surface area contributed by atoms with Gasteiger partial charge in [0.25, 0.3) is 0 Å². The van der Waals surface area contributed by atoms with Crippen LogP contribution in [0.25, 0.3) is 0 Å². The first-order valence-corrected chi connectivity index (χ1v) is 6.02. The van der Waals surface area contributed by atoms with Crippen molar-refractivity contribution in [1.82, 2.24) is 9.97 Å². The minimum atomic E-state index is 0.144. The van der Waals surface area contributed by atoms with Gasteiger partial charge in [0.2, 0.25) is 0 Å². The zero-order valence-electron chi connectivity index (χ0n) is 10.9. The summed E-state index contributed by atoms with van der Waals surface area (Å²) in [7, 11) is 0. The average molecular weight is 260 g/mol. The molecule has 0 saturated carbocycles. The minimum absolute atomic E-state index is 0.144. The van der Waals surface area contributed by atoms with E-state index in [-0.39, 0.29) is 5.78 Å². The maximum Gasteiger partial charge on any atom is 0.198 e. The molecule has 6 nitrogen and oxygen atoms in total. The first kappa shape index (κ1) is 13.1. The maximum atomic E-state index is 10.8. The van der Waals surface area contributed by atoms with E-state index in [9.17, 15) is 4.79 Å². The van der Waals surface area contributed by atoms with Gasteiger partial charge in [0, 0.05) is 25.1 Å². The second-order valence-corrected chi connectivity index (χ2v) is 4.20. The van der Waals surface area contributed by atoms with E-state index < -0.39 is 0 Å². The summed E-state index contributed by atoms with van der Waals surface area (Å²) in [6.45, 7) is 4.00. The number of carbonyl (C=O) groups is 1. The van der Waals surface area contributed by atoms with E-state index in [2.05, 4.69) is 20.6 Å². The zero-order chi connectivity index (χ0) is 13.7. The first-order valence-electron chi connectivity index (χ1n) is 6.02. The molecular weight excluding hydrogens is 244 g/mol. The number of rotatable bonds is 6. The fraction of sp³-hybridized carbons (Fsp3) is 0.308. The average Bonchev–Trinajstić information content (AvgIpc) is 2.75. The quantitative estimate of drug-likeness (QED) is 0.830. The molecule has 0 aromatic carbocycles. The van der Waals surface area contributed by atoms with Gasteiger partial charge >= 0.3 is 0 Å². The van der Waals surface area contributed by atoms with Crippen LogP contribution in [0.5, 0.6) is 0 Å². The third-order valence-corrected chi connectivity index (χ3v) is 2.44. The highest BCUT2D eigenvalue weighted by atomic mass is 16.4. The summed E-state index contributed by atoms with van der Waals surface area (Å²) in [6.07, 6.45) is 1.93. The number of carbonyl (C=O) groups excluding carboxylic acids is 1. The van der Waals surface area contributed by atoms with E-state index in [1.54, 1.807) is 13.0 Å². The SMILES string of the molecule is CC(=O)CCNc1cc(Nc2ccc(C)o2)ncn1. The third-order valence-electron chi connectivity index (χ3n) is 2.44. The van der Waals surface area contributed by atoms with E-state index in [0.717, 1.165) is 5.76 Å². The summed E-state index contributed by atoms with van der Waals surface area (Å²) >= 11 is 0. The van der Waals surface area contributed by atoms with Crippen LogP contribution in [0.1, 0.15) is 19.1 Å². The van der Waals surface area contributed by atoms with Gasteiger partial charge in [-0.25, -0.2) is 9.97 Å². The van der Waals surface area contributed by atoms with Crippen LogP contribution in [0.15, 0.2) is 28.9 Å². The van der Waals surface area contributed by atoms with Crippen LogP contribution < -0.4 is 10.6 Å². The molecule has 100 valence electrons. The van der Waals surface area contributed by atoms with Crippen molar-refractivity contribution in [3.63, 3.8) is 0 Å². The molecule has 2 N–H and O–H groups in total. The lowest BCUT2D eigenvalue weighted by Crippen LogP contribution is -2.07. The Hall–Kier alpha value is -2.37. The van der Waals surface area contributed by atoms with Crippen LogP contribution in [0.2, 0.25) is 0 Å². The Kier molecular flexibility index (Phi) is 4.12. The molecule has 0 fully saturated rings. The third kappa shape index (κ3) is 4.09. The van der Waals surface area contributed by atoms with Gasteiger partial charge in [-0.3, -0.25) is 4.79 Å². The van der Waals surface area contributed by atoms with Crippen LogP contribution >= 0.6 is 0 Å². The second kappa shape index (κ2) is 5.99. The molecule has 2 aromatic rings. The van der Waals surface area contributed by atoms with E-state index in [1.807, 2.05) is 19.1 Å². The summed E-state index contributed by atoms with van der Waals surface area (Å²) in [6, 6.07) is 5.47. The van der Waals surface area contributed by atoms with Crippen molar-refractivity contribution in [1.29, 1.82) is 0 Å². The number of furan rings is 1. The van der Waals surface area contributed by atoms with Gasteiger partial charge in [-0.15, -0.1) is 0 Å². The normalized spacial score (nSPS) is 10.2. The van der Waals surface area contributed by atoms with Crippen LogP contribution in [0.4, 0.5) is 17.5 Å². The molecule has 0 aliphatic heterocycles. The van der Waals surface area contributed by atoms with Crippen molar-refractivity contribution in [2.45, 2.75) is 20.3 Å². The highest BCUT2D eigenvalue weighted by Gasteiger charge is 2.02. The molecule has 19 heavy (non-hydrogen) atoms. The largest absolute Gasteiger partial charge is 0.446 e. The number of hydrogen-bond donors (Lipinski definition) is 2. The Bertz CT molecular complexity index is 565. The monoisotopic (exact) mass is 260 g/mol. The van der Waals surface area contributed by atoms with E-state index >= 15 is 0 Å². The Morgan fingerprint density at radius 1 is 1.32 bits per heavy atom. The molecule has 0 aliphatic rings. The summed E-state index contributed by atoms with van der Waals surface area (Å²) in [5.41, 5.74) is 0. The molecular formula is C13H16N4O2. The molecule has 0 atom stereocenters. The van der Waals surface area contributed by atoms with Crippen LogP contribution in [-0.2, 0) is 4.79 Å². The van der Waals surface area contributed by atoms with Crippen molar-refractivity contribution in [2.24, 2.45) is 0 Å². The van der Waals surface area contributed by atoms with Crippen LogP contribution in [0, 0.1) is 6.92 Å². The smallest absolute Gasteiger partial charge is 0.198 e. The lowest BCUT2D eigenvalue weighted by Gasteiger charge is -2.06. The molecule has 2 heterocycles. The number of aromatic nitrogens is 2. The van der Waals surface area contributed by atoms with Crippen molar-refractivity contribution in [2.75, 3.05) is 17.2 Å². The molecule has 0 saturated heterocycles. The molecule has 0 bridgehead atoms. The molecule has 6 heteroatoms. The number of hydrogen-bond acceptors (Lipinski definition) is 6. The molecule has 0 unspecified atom stereocenters. The van der Waals surface area contributed by atoms with Crippen LogP contribution in [-0.4, -0.2) is 22.3 Å². The van der Waals surface area contributed by atoms with Gasteiger partial charge in [-0.05, 0) is 19.9 Å². The first-order chi connectivity index (χ1) is 9.13. The summed E-state index contributed by atoms with van der Waals surface area (Å²) in [5.74, 6) is 2.91. The van der Waals surface area contributed by atoms with Gasteiger partial charge in [0.05, 0.1) is 0 Å². The molecule has 0 aliphatic carbocycles. The lowest BCUT2D eigenvalue weighted by atomic mass is 10.3. The van der Waals surface area contributed by atoms with Crippen molar-refractivity contribution < 1.29 is 9.21 Å². The Labute approximate surface area is 111 Å². The van der Waals surface area contributed by atoms with Gasteiger partial charge < -0.3 is 15.1 Å². The molecule has 0 amide bonds. The highest BCUT2D eigenvalue weighted by molar-refractivity contribution is 5.76. The lowest BCUT2D eigenvalue weighted by molar-refractivity contribution is -0.116. The molecule has 2 aromatic heterocycles. The summed E-state index contributed by atoms with van der Waals surface area (Å²) in [5, 5.41) is 6.10. The van der Waals surface area contributed by atoms with E-state index in [4.69, 9.17) is 4.42 Å². The number of nitrogens with zero attached hydrogens (tertiary/aromatic N) is 2. The predicted octanol–water partition coefficient (Wildman–Crippen LogP) is 2.51. The number of nitrogens with one attached hydrogen (secondary N) is 2. The van der Waals surface area contributed by atoms with Crippen molar-refractivity contribution in [3.05, 3.63) is 30.3 Å². The Balaban J connectivity index is 1.96. The van der Waals surface area contributed by atoms with Gasteiger partial charge in [-0.1, -0.05) is 0 Å². The highest BCUT2D eigenvalue weighted by Crippen LogP contribution is 2.18. The Morgan fingerprint density at radius 3 is 2.79 bits per heavy atom. The van der Waals surface area contributed by atoms with Gasteiger partial charge in [0.1, 0.15) is 29.5 Å². The predicted molar refractivity (Wildman–Crippen MR) is 72.5 cm³/mol. The van der Waals surface area contributed by atoms with Gasteiger partial charge in [0.15, 0.2) is 5.88 Å². The molecule has 2 rings (SSSR count). The number of anilines is 3. The second-order valence-electron chi connectivity index (χ2n) is 4.20. The van der Waals surface area contributed by atoms with E-state index in [1.165, 1.54) is 6.33 Å². The summed E-state index contributed by atoms with van der Waals surface area (Å²) in [4.78, 5) is 19.0. The topological polar surface area (TPSA) is 80.0 Å². The standard InChI is InChI=1S/C13H16N4O2/c1-9(18)5-6-14-11-7-12(16-8-15-11)17-13-4-3-10(2)19-13/h3-4,7-8H,5-6H2,1-2H3,(H2,14,15,16,17). The minimum Gasteiger partial charge on any atom is -0.446 e. The number of aryl methyl sites for hydroxylation is 1. The fourth-order valence-corrected chi connectivity index (χ4v) is 1.52. The maximum absolute atomic E-state index is 10.8. The van der Waals surface area contributed by atoms with Crippen molar-refractivity contribution >= 4 is 23.3 Å². The molecule has 0 spiro atoms. The molecule has 0 radical (unpaired) electrons.